The van der Waals surface area contributed by atoms with Gasteiger partial charge in [0.15, 0.2) is 0 Å². The van der Waals surface area contributed by atoms with Crippen molar-refractivity contribution in [3.8, 4) is 0 Å². The van der Waals surface area contributed by atoms with Gasteiger partial charge in [0, 0.05) is 36.6 Å². The maximum absolute atomic E-state index is 12.1. The van der Waals surface area contributed by atoms with Gasteiger partial charge in [-0.3, -0.25) is 15.6 Å². The molecule has 1 aliphatic rings. The lowest BCUT2D eigenvalue weighted by Crippen LogP contribution is -2.32. The Labute approximate surface area is 153 Å². The molecule has 2 unspecified atom stereocenters. The molecule has 2 aromatic rings. The summed E-state index contributed by atoms with van der Waals surface area (Å²) in [5.74, 6) is 0.0630. The molecule has 1 amide bonds. The zero-order valence-electron chi connectivity index (χ0n) is 14.5. The first-order valence-corrected chi connectivity index (χ1v) is 9.63. The lowest BCUT2D eigenvalue weighted by molar-refractivity contribution is -0.124. The van der Waals surface area contributed by atoms with Crippen molar-refractivity contribution in [2.45, 2.75) is 31.3 Å². The topological polar surface area (TPSA) is 44.4 Å². The van der Waals surface area contributed by atoms with Crippen LogP contribution in [0.1, 0.15) is 35.7 Å². The fraction of sp³-hybridized carbons (Fsp3) is 0.350. The number of carbonyl (C=O) groups is 1. The maximum atomic E-state index is 12.1. The van der Waals surface area contributed by atoms with E-state index in [2.05, 4.69) is 35.1 Å². The zero-order valence-corrected chi connectivity index (χ0v) is 15.3. The number of carbonyl (C=O) groups excluding carboxylic acids is 1. The Balaban J connectivity index is 1.37. The van der Waals surface area contributed by atoms with Crippen LogP contribution in [0.3, 0.4) is 0 Å². The molecule has 2 atom stereocenters. The minimum Gasteiger partial charge on any atom is -0.342 e. The Hall–Kier alpha value is -1.95. The fourth-order valence-electron chi connectivity index (χ4n) is 3.07. The molecule has 3 rings (SSSR count). The molecular formula is C20H25N3OS. The summed E-state index contributed by atoms with van der Waals surface area (Å²) in [5, 5.41) is 2.01. The third-order valence-corrected chi connectivity index (χ3v) is 5.38. The molecule has 5 heteroatoms. The van der Waals surface area contributed by atoms with E-state index >= 15 is 0 Å². The van der Waals surface area contributed by atoms with E-state index in [0.29, 0.717) is 12.1 Å². The Bertz CT molecular complexity index is 684. The van der Waals surface area contributed by atoms with Crippen molar-refractivity contribution in [1.29, 1.82) is 0 Å². The number of hydrazine groups is 1. The van der Waals surface area contributed by atoms with Crippen molar-refractivity contribution in [1.82, 2.24) is 15.8 Å². The fourth-order valence-corrected chi connectivity index (χ4v) is 3.69. The molecule has 25 heavy (non-hydrogen) atoms. The Kier molecular flexibility index (Phi) is 6.39. The van der Waals surface area contributed by atoms with E-state index in [9.17, 15) is 4.79 Å². The van der Waals surface area contributed by atoms with Crippen molar-refractivity contribution in [3.63, 3.8) is 0 Å². The predicted molar refractivity (Wildman–Crippen MR) is 104 cm³/mol. The number of rotatable bonds is 7. The van der Waals surface area contributed by atoms with Crippen molar-refractivity contribution < 1.29 is 4.79 Å². The number of benzene rings is 1. The van der Waals surface area contributed by atoms with E-state index in [1.807, 2.05) is 36.7 Å². The van der Waals surface area contributed by atoms with Crippen molar-refractivity contribution >= 4 is 23.3 Å². The molecule has 2 N–H and O–H groups in total. The van der Waals surface area contributed by atoms with Gasteiger partial charge in [0.25, 0.3) is 0 Å². The molecule has 0 spiro atoms. The van der Waals surface area contributed by atoms with Crippen LogP contribution in [0.5, 0.6) is 0 Å². The first-order valence-electron chi connectivity index (χ1n) is 8.75. The van der Waals surface area contributed by atoms with Gasteiger partial charge in [-0.05, 0) is 42.3 Å². The third kappa shape index (κ3) is 5.26. The number of nitrogens with zero attached hydrogens (tertiary/aromatic N) is 1. The summed E-state index contributed by atoms with van der Waals surface area (Å²) < 4.78 is 0. The average molecular weight is 356 g/mol. The summed E-state index contributed by atoms with van der Waals surface area (Å²) in [4.78, 5) is 15.0. The summed E-state index contributed by atoms with van der Waals surface area (Å²) in [5.41, 5.74) is 8.09. The molecule has 1 aliphatic heterocycles. The normalized spacial score (nSPS) is 20.2. The highest BCUT2D eigenvalue weighted by Crippen LogP contribution is 2.23. The van der Waals surface area contributed by atoms with Gasteiger partial charge in [0.1, 0.15) is 0 Å². The number of amides is 1. The highest BCUT2D eigenvalue weighted by Gasteiger charge is 2.24. The van der Waals surface area contributed by atoms with Crippen LogP contribution in [-0.2, 0) is 4.79 Å². The second kappa shape index (κ2) is 8.94. The van der Waals surface area contributed by atoms with Gasteiger partial charge in [-0.15, -0.1) is 11.3 Å². The first-order chi connectivity index (χ1) is 12.2. The molecule has 132 valence electrons. The zero-order chi connectivity index (χ0) is 17.5. The minimum absolute atomic E-state index is 0.0630. The predicted octanol–water partition coefficient (Wildman–Crippen LogP) is 3.61. The van der Waals surface area contributed by atoms with E-state index in [1.54, 1.807) is 22.3 Å². The molecule has 0 aliphatic carbocycles. The van der Waals surface area contributed by atoms with E-state index < -0.39 is 0 Å². The standard InChI is InChI=1S/C20H25N3OS/c1-23(20(24)12-11-18-10-6-14-25-18)13-5-9-17-15-19(22-21-17)16-7-3-2-4-8-16/h2-4,6-8,10-12,14,17,19,21-22H,5,9,13,15H2,1H3/b12-11+. The molecule has 2 heterocycles. The second-order valence-electron chi connectivity index (χ2n) is 6.44. The van der Waals surface area contributed by atoms with E-state index in [4.69, 9.17) is 0 Å². The van der Waals surface area contributed by atoms with Gasteiger partial charge < -0.3 is 4.90 Å². The van der Waals surface area contributed by atoms with Gasteiger partial charge >= 0.3 is 0 Å². The minimum atomic E-state index is 0.0630. The Morgan fingerprint density at radius 2 is 2.08 bits per heavy atom. The average Bonchev–Trinajstić information content (AvgIpc) is 3.32. The van der Waals surface area contributed by atoms with Crippen LogP contribution in [0.4, 0.5) is 0 Å². The van der Waals surface area contributed by atoms with Crippen LogP contribution in [0.25, 0.3) is 6.08 Å². The largest absolute Gasteiger partial charge is 0.342 e. The van der Waals surface area contributed by atoms with Crippen LogP contribution >= 0.6 is 11.3 Å². The van der Waals surface area contributed by atoms with E-state index in [1.165, 1.54) is 5.56 Å². The second-order valence-corrected chi connectivity index (χ2v) is 7.41. The Morgan fingerprint density at radius 3 is 2.84 bits per heavy atom. The van der Waals surface area contributed by atoms with Gasteiger partial charge in [0.2, 0.25) is 5.91 Å². The lowest BCUT2D eigenvalue weighted by atomic mass is 10.00. The van der Waals surface area contributed by atoms with Crippen molar-refractivity contribution in [2.24, 2.45) is 0 Å². The summed E-state index contributed by atoms with van der Waals surface area (Å²) in [6.07, 6.45) is 6.68. The number of likely N-dealkylation sites (N-methyl/N-ethyl adjacent to an activating group) is 1. The summed E-state index contributed by atoms with van der Waals surface area (Å²) in [6, 6.07) is 15.4. The number of hydrogen-bond donors (Lipinski definition) is 2. The SMILES string of the molecule is CN(CCCC1CC(c2ccccc2)NN1)C(=O)/C=C/c1cccs1. The molecule has 0 bridgehead atoms. The van der Waals surface area contributed by atoms with Gasteiger partial charge in [-0.1, -0.05) is 36.4 Å². The third-order valence-electron chi connectivity index (χ3n) is 4.54. The van der Waals surface area contributed by atoms with Gasteiger partial charge in [-0.25, -0.2) is 0 Å². The lowest BCUT2D eigenvalue weighted by Gasteiger charge is -2.16. The van der Waals surface area contributed by atoms with Crippen molar-refractivity contribution in [3.05, 3.63) is 64.4 Å². The van der Waals surface area contributed by atoms with Gasteiger partial charge in [0.05, 0.1) is 0 Å². The molecule has 1 aromatic carbocycles. The van der Waals surface area contributed by atoms with E-state index in [-0.39, 0.29) is 5.91 Å². The van der Waals surface area contributed by atoms with Crippen LogP contribution in [0.2, 0.25) is 0 Å². The molecule has 1 aromatic heterocycles. The number of thiophene rings is 1. The van der Waals surface area contributed by atoms with Crippen molar-refractivity contribution in [2.75, 3.05) is 13.6 Å². The molecule has 0 saturated carbocycles. The highest BCUT2D eigenvalue weighted by molar-refractivity contribution is 7.10. The van der Waals surface area contributed by atoms with E-state index in [0.717, 1.165) is 30.7 Å². The molecule has 4 nitrogen and oxygen atoms in total. The quantitative estimate of drug-likeness (QED) is 0.746. The molecule has 1 saturated heterocycles. The van der Waals surface area contributed by atoms with Crippen LogP contribution in [-0.4, -0.2) is 30.4 Å². The summed E-state index contributed by atoms with van der Waals surface area (Å²) in [6.45, 7) is 0.780. The molecule has 1 fully saturated rings. The van der Waals surface area contributed by atoms with Gasteiger partial charge in [-0.2, -0.15) is 0 Å². The maximum Gasteiger partial charge on any atom is 0.246 e. The smallest absolute Gasteiger partial charge is 0.246 e. The monoisotopic (exact) mass is 355 g/mol. The summed E-state index contributed by atoms with van der Waals surface area (Å²) >= 11 is 1.64. The number of hydrogen-bond acceptors (Lipinski definition) is 4. The molecular weight excluding hydrogens is 330 g/mol. The Morgan fingerprint density at radius 1 is 1.24 bits per heavy atom. The van der Waals surface area contributed by atoms with Crippen LogP contribution < -0.4 is 10.9 Å². The first kappa shape index (κ1) is 17.9. The van der Waals surface area contributed by atoms with Crippen LogP contribution in [0, 0.1) is 0 Å². The van der Waals surface area contributed by atoms with Crippen LogP contribution in [0.15, 0.2) is 53.9 Å². The highest BCUT2D eigenvalue weighted by atomic mass is 32.1. The molecule has 0 radical (unpaired) electrons. The number of nitrogens with one attached hydrogen (secondary N) is 2. The summed E-state index contributed by atoms with van der Waals surface area (Å²) in [7, 11) is 1.87.